The minimum atomic E-state index is 0.264. The first-order valence-corrected chi connectivity index (χ1v) is 7.24. The van der Waals surface area contributed by atoms with Crippen LogP contribution in [0.25, 0.3) is 0 Å². The summed E-state index contributed by atoms with van der Waals surface area (Å²) in [5.41, 5.74) is 1.93. The summed E-state index contributed by atoms with van der Waals surface area (Å²) in [4.78, 5) is 4.49. The lowest BCUT2D eigenvalue weighted by molar-refractivity contribution is -0.0687. The van der Waals surface area contributed by atoms with Crippen molar-refractivity contribution in [2.24, 2.45) is 0 Å². The van der Waals surface area contributed by atoms with Crippen LogP contribution in [0.1, 0.15) is 17.5 Å². The van der Waals surface area contributed by atoms with Crippen molar-refractivity contribution in [1.82, 2.24) is 4.90 Å². The molecule has 0 aromatic heterocycles. The number of ether oxygens (including phenoxy) is 1. The molecule has 0 bridgehead atoms. The lowest BCUT2D eigenvalue weighted by Gasteiger charge is -2.46. The molecule has 2 fully saturated rings. The van der Waals surface area contributed by atoms with E-state index in [2.05, 4.69) is 29.0 Å². The van der Waals surface area contributed by atoms with Gasteiger partial charge in [-0.2, -0.15) is 10.5 Å². The Labute approximate surface area is 124 Å². The molecule has 1 aromatic carbocycles. The van der Waals surface area contributed by atoms with Crippen molar-refractivity contribution in [1.29, 1.82) is 10.5 Å². The molecule has 3 rings (SSSR count). The minimum Gasteiger partial charge on any atom is -0.375 e. The monoisotopic (exact) mass is 282 g/mol. The number of hydrogen-bond donors (Lipinski definition) is 0. The first-order valence-electron chi connectivity index (χ1n) is 7.24. The summed E-state index contributed by atoms with van der Waals surface area (Å²) in [6.07, 6.45) is 1.19. The van der Waals surface area contributed by atoms with Crippen molar-refractivity contribution < 1.29 is 4.74 Å². The van der Waals surface area contributed by atoms with Gasteiger partial charge in [0.1, 0.15) is 12.1 Å². The van der Waals surface area contributed by atoms with Gasteiger partial charge >= 0.3 is 0 Å². The maximum Gasteiger partial charge on any atom is 0.101 e. The normalized spacial score (nSPS) is 25.8. The molecule has 0 radical (unpaired) electrons. The smallest absolute Gasteiger partial charge is 0.101 e. The van der Waals surface area contributed by atoms with E-state index in [9.17, 15) is 10.5 Å². The highest BCUT2D eigenvalue weighted by atomic mass is 16.5. The lowest BCUT2D eigenvalue weighted by atomic mass is 9.97. The molecule has 21 heavy (non-hydrogen) atoms. The molecule has 0 aliphatic carbocycles. The van der Waals surface area contributed by atoms with Crippen LogP contribution >= 0.6 is 0 Å². The fourth-order valence-corrected chi connectivity index (χ4v) is 3.31. The number of nitrogens with zero attached hydrogens (tertiary/aromatic N) is 4. The van der Waals surface area contributed by atoms with Crippen LogP contribution in [0.5, 0.6) is 0 Å². The van der Waals surface area contributed by atoms with Gasteiger partial charge in [-0.3, -0.25) is 4.90 Å². The van der Waals surface area contributed by atoms with E-state index in [1.54, 1.807) is 18.2 Å². The van der Waals surface area contributed by atoms with Crippen LogP contribution in [0.4, 0.5) is 5.69 Å². The third-order valence-electron chi connectivity index (χ3n) is 4.46. The molecule has 108 valence electrons. The Morgan fingerprint density at radius 3 is 2.57 bits per heavy atom. The van der Waals surface area contributed by atoms with Crippen LogP contribution in [-0.4, -0.2) is 50.3 Å². The second-order valence-electron chi connectivity index (χ2n) is 5.62. The summed E-state index contributed by atoms with van der Waals surface area (Å²) < 4.78 is 5.85. The molecule has 5 heteroatoms. The van der Waals surface area contributed by atoms with Gasteiger partial charge in [0.25, 0.3) is 0 Å². The number of hydrogen-bond acceptors (Lipinski definition) is 5. The van der Waals surface area contributed by atoms with Gasteiger partial charge in [0.05, 0.1) is 35.6 Å². The van der Waals surface area contributed by atoms with Crippen molar-refractivity contribution >= 4 is 5.69 Å². The number of anilines is 1. The van der Waals surface area contributed by atoms with Crippen molar-refractivity contribution in [3.8, 4) is 12.1 Å². The van der Waals surface area contributed by atoms with E-state index in [-0.39, 0.29) is 6.10 Å². The van der Waals surface area contributed by atoms with E-state index in [1.165, 1.54) is 0 Å². The molecule has 2 aliphatic rings. The fraction of sp³-hybridized carbons (Fsp3) is 0.500. The van der Waals surface area contributed by atoms with E-state index >= 15 is 0 Å². The lowest BCUT2D eigenvalue weighted by Crippen LogP contribution is -2.59. The van der Waals surface area contributed by atoms with Gasteiger partial charge in [-0.15, -0.1) is 0 Å². The van der Waals surface area contributed by atoms with Crippen LogP contribution in [-0.2, 0) is 4.74 Å². The summed E-state index contributed by atoms with van der Waals surface area (Å²) in [5.74, 6) is 0. The molecule has 2 heterocycles. The van der Waals surface area contributed by atoms with Crippen LogP contribution in [0.2, 0.25) is 0 Å². The first-order chi connectivity index (χ1) is 10.2. The molecular formula is C16H18N4O. The third-order valence-corrected chi connectivity index (χ3v) is 4.46. The SMILES string of the molecule is CN1CCO[C@H]2CCN(c3c(C#N)cccc3C#N)C[C@@H]21. The Bertz CT molecular complexity index is 583. The molecule has 0 amide bonds. The number of morpholine rings is 1. The van der Waals surface area contributed by atoms with Crippen LogP contribution in [0, 0.1) is 22.7 Å². The quantitative estimate of drug-likeness (QED) is 0.778. The maximum absolute atomic E-state index is 9.33. The van der Waals surface area contributed by atoms with Gasteiger partial charge in [0.15, 0.2) is 0 Å². The number of piperidine rings is 1. The summed E-state index contributed by atoms with van der Waals surface area (Å²) in [7, 11) is 2.12. The van der Waals surface area contributed by atoms with E-state index in [0.717, 1.165) is 38.3 Å². The highest BCUT2D eigenvalue weighted by Gasteiger charge is 2.36. The molecule has 2 saturated heterocycles. The third kappa shape index (κ3) is 2.47. The highest BCUT2D eigenvalue weighted by molar-refractivity contribution is 5.68. The van der Waals surface area contributed by atoms with Gasteiger partial charge in [-0.25, -0.2) is 0 Å². The standard InChI is InChI=1S/C16H18N4O/c1-19-7-8-21-15-5-6-20(11-14(15)19)16-12(9-17)3-2-4-13(16)10-18/h2-4,14-15H,5-8,11H2,1H3/t14-,15-/m0/s1. The Hall–Kier alpha value is -2.08. The number of para-hydroxylation sites is 1. The zero-order chi connectivity index (χ0) is 14.8. The predicted octanol–water partition coefficient (Wildman–Crippen LogP) is 1.34. The number of benzene rings is 1. The van der Waals surface area contributed by atoms with Crippen molar-refractivity contribution in [2.75, 3.05) is 38.2 Å². The fourth-order valence-electron chi connectivity index (χ4n) is 3.31. The molecular weight excluding hydrogens is 264 g/mol. The zero-order valence-corrected chi connectivity index (χ0v) is 12.1. The zero-order valence-electron chi connectivity index (χ0n) is 12.1. The highest BCUT2D eigenvalue weighted by Crippen LogP contribution is 2.30. The molecule has 0 N–H and O–H groups in total. The Morgan fingerprint density at radius 1 is 1.19 bits per heavy atom. The molecule has 0 unspecified atom stereocenters. The average Bonchev–Trinajstić information content (AvgIpc) is 2.54. The van der Waals surface area contributed by atoms with Crippen molar-refractivity contribution in [3.63, 3.8) is 0 Å². The largest absolute Gasteiger partial charge is 0.375 e. The maximum atomic E-state index is 9.33. The molecule has 2 atom stereocenters. The van der Waals surface area contributed by atoms with Gasteiger partial charge in [-0.05, 0) is 25.6 Å². The number of fused-ring (bicyclic) bond motifs is 1. The predicted molar refractivity (Wildman–Crippen MR) is 78.9 cm³/mol. The minimum absolute atomic E-state index is 0.264. The summed E-state index contributed by atoms with van der Waals surface area (Å²) >= 11 is 0. The Kier molecular flexibility index (Phi) is 3.79. The van der Waals surface area contributed by atoms with Gasteiger partial charge in [-0.1, -0.05) is 6.07 Å². The van der Waals surface area contributed by atoms with Gasteiger partial charge in [0.2, 0.25) is 0 Å². The first kappa shape index (κ1) is 13.9. The van der Waals surface area contributed by atoms with Crippen LogP contribution < -0.4 is 4.90 Å². The topological polar surface area (TPSA) is 63.3 Å². The number of nitriles is 2. The van der Waals surface area contributed by atoms with E-state index < -0.39 is 0 Å². The van der Waals surface area contributed by atoms with Gasteiger partial charge < -0.3 is 9.64 Å². The summed E-state index contributed by atoms with van der Waals surface area (Å²) in [5, 5.41) is 18.7. The second-order valence-corrected chi connectivity index (χ2v) is 5.62. The Balaban J connectivity index is 1.92. The van der Waals surface area contributed by atoms with Crippen molar-refractivity contribution in [2.45, 2.75) is 18.6 Å². The summed E-state index contributed by atoms with van der Waals surface area (Å²) in [6.45, 7) is 3.34. The Morgan fingerprint density at radius 2 is 1.90 bits per heavy atom. The molecule has 1 aromatic rings. The number of rotatable bonds is 1. The average molecular weight is 282 g/mol. The molecule has 5 nitrogen and oxygen atoms in total. The van der Waals surface area contributed by atoms with Crippen LogP contribution in [0.3, 0.4) is 0 Å². The van der Waals surface area contributed by atoms with Crippen LogP contribution in [0.15, 0.2) is 18.2 Å². The van der Waals surface area contributed by atoms with Gasteiger partial charge in [0, 0.05) is 19.6 Å². The van der Waals surface area contributed by atoms with E-state index in [0.29, 0.717) is 17.2 Å². The molecule has 0 saturated carbocycles. The van der Waals surface area contributed by atoms with Crippen molar-refractivity contribution in [3.05, 3.63) is 29.3 Å². The molecule has 2 aliphatic heterocycles. The van der Waals surface area contributed by atoms with E-state index in [4.69, 9.17) is 4.74 Å². The molecule has 0 spiro atoms. The second kappa shape index (κ2) is 5.73. The number of likely N-dealkylation sites (N-methyl/N-ethyl adjacent to an activating group) is 1. The summed E-state index contributed by atoms with van der Waals surface area (Å²) in [6, 6.07) is 10.1. The van der Waals surface area contributed by atoms with E-state index in [1.807, 2.05) is 0 Å².